The fourth-order valence-corrected chi connectivity index (χ4v) is 5.16. The van der Waals surface area contributed by atoms with Gasteiger partial charge in [0.2, 0.25) is 10.0 Å². The van der Waals surface area contributed by atoms with Crippen molar-refractivity contribution in [2.24, 2.45) is 0 Å². The van der Waals surface area contributed by atoms with E-state index in [-0.39, 0.29) is 6.54 Å². The van der Waals surface area contributed by atoms with Gasteiger partial charge in [-0.2, -0.15) is 4.31 Å². The molecule has 1 aliphatic rings. The van der Waals surface area contributed by atoms with Crippen molar-refractivity contribution < 1.29 is 12.8 Å². The predicted octanol–water partition coefficient (Wildman–Crippen LogP) is 3.35. The van der Waals surface area contributed by atoms with E-state index in [1.807, 2.05) is 19.1 Å². The zero-order chi connectivity index (χ0) is 17.7. The largest absolute Gasteiger partial charge is 0.469 e. The van der Waals surface area contributed by atoms with Gasteiger partial charge in [0, 0.05) is 12.1 Å². The highest BCUT2D eigenvalue weighted by molar-refractivity contribution is 7.89. The molecule has 1 aromatic heterocycles. The number of aryl methyl sites for hydroxylation is 1. The summed E-state index contributed by atoms with van der Waals surface area (Å²) >= 11 is 0. The van der Waals surface area contributed by atoms with Gasteiger partial charge in [-0.25, -0.2) is 8.42 Å². The Kier molecular flexibility index (Phi) is 4.10. The summed E-state index contributed by atoms with van der Waals surface area (Å²) in [6, 6.07) is 8.98. The highest BCUT2D eigenvalue weighted by Gasteiger charge is 2.34. The highest BCUT2D eigenvalue weighted by Crippen LogP contribution is 2.31. The summed E-state index contributed by atoms with van der Waals surface area (Å²) < 4.78 is 33.3. The van der Waals surface area contributed by atoms with Gasteiger partial charge in [-0.15, -0.1) is 0 Å². The smallest absolute Gasteiger partial charge is 0.243 e. The Bertz CT molecular complexity index is 889. The molecule has 0 amide bonds. The van der Waals surface area contributed by atoms with E-state index in [9.17, 15) is 8.42 Å². The maximum Gasteiger partial charge on any atom is 0.243 e. The fraction of sp³-hybridized carbons (Fsp3) is 0.333. The third kappa shape index (κ3) is 3.01. The van der Waals surface area contributed by atoms with Crippen LogP contribution >= 0.6 is 0 Å². The summed E-state index contributed by atoms with van der Waals surface area (Å²) in [4.78, 5) is 0.307. The third-order valence-corrected chi connectivity index (χ3v) is 7.81. The van der Waals surface area contributed by atoms with E-state index >= 15 is 0 Å². The molecule has 0 unspecified atom stereocenters. The van der Waals surface area contributed by atoms with Crippen LogP contribution in [0.4, 0.5) is 0 Å². The van der Waals surface area contributed by atoms with E-state index < -0.39 is 18.1 Å². The van der Waals surface area contributed by atoms with Crippen molar-refractivity contribution in [1.29, 1.82) is 0 Å². The Labute approximate surface area is 144 Å². The third-order valence-electron chi connectivity index (χ3n) is 4.28. The maximum absolute atomic E-state index is 12.9. The molecule has 0 aliphatic carbocycles. The molecule has 6 heteroatoms. The minimum Gasteiger partial charge on any atom is -0.469 e. The number of furan rings is 1. The quantitative estimate of drug-likeness (QED) is 0.788. The molecule has 0 bridgehead atoms. The zero-order valence-electron chi connectivity index (χ0n) is 14.6. The van der Waals surface area contributed by atoms with Crippen LogP contribution in [0.5, 0.6) is 0 Å². The van der Waals surface area contributed by atoms with Gasteiger partial charge in [0.1, 0.15) is 13.8 Å². The molecule has 0 saturated heterocycles. The van der Waals surface area contributed by atoms with Crippen LogP contribution in [0.3, 0.4) is 0 Å². The van der Waals surface area contributed by atoms with Crippen LogP contribution in [0.2, 0.25) is 19.6 Å². The molecule has 24 heavy (non-hydrogen) atoms. The van der Waals surface area contributed by atoms with E-state index in [0.29, 0.717) is 17.2 Å². The van der Waals surface area contributed by atoms with Crippen molar-refractivity contribution in [2.45, 2.75) is 38.0 Å². The van der Waals surface area contributed by atoms with Gasteiger partial charge in [0.15, 0.2) is 0 Å². The van der Waals surface area contributed by atoms with Crippen LogP contribution < -0.4 is 5.38 Å². The SMILES string of the molecule is C=C1CN(S(=O)(=O)c2ccc(C)cc2)Cc2oc([Si](C)(C)C)cc21. The topological polar surface area (TPSA) is 50.5 Å². The number of sulfonamides is 1. The molecule has 1 aliphatic heterocycles. The molecule has 4 nitrogen and oxygen atoms in total. The predicted molar refractivity (Wildman–Crippen MR) is 99.5 cm³/mol. The van der Waals surface area contributed by atoms with Gasteiger partial charge in [0.25, 0.3) is 0 Å². The first-order valence-corrected chi connectivity index (χ1v) is 12.9. The minimum absolute atomic E-state index is 0.259. The van der Waals surface area contributed by atoms with Gasteiger partial charge in [0.05, 0.1) is 16.8 Å². The van der Waals surface area contributed by atoms with E-state index in [4.69, 9.17) is 4.42 Å². The Hall–Kier alpha value is -1.63. The molecule has 0 saturated carbocycles. The second kappa shape index (κ2) is 5.72. The lowest BCUT2D eigenvalue weighted by atomic mass is 10.1. The summed E-state index contributed by atoms with van der Waals surface area (Å²) in [5.74, 6) is 0.708. The molecule has 0 radical (unpaired) electrons. The Morgan fingerprint density at radius 2 is 1.75 bits per heavy atom. The van der Waals surface area contributed by atoms with Gasteiger partial charge < -0.3 is 4.42 Å². The number of benzene rings is 1. The second-order valence-electron chi connectivity index (χ2n) is 7.39. The standard InChI is InChI=1S/C18H23NO3SSi/c1-13-6-8-15(9-7-13)23(20,21)19-11-14(2)16-10-18(24(3,4)5)22-17(16)12-19/h6-10H,2,11-12H2,1,3-5H3. The van der Waals surface area contributed by atoms with Crippen molar-refractivity contribution in [3.8, 4) is 0 Å². The highest BCUT2D eigenvalue weighted by atomic mass is 32.2. The van der Waals surface area contributed by atoms with Gasteiger partial charge >= 0.3 is 0 Å². The summed E-state index contributed by atoms with van der Waals surface area (Å²) in [6.07, 6.45) is 0. The van der Waals surface area contributed by atoms with Crippen molar-refractivity contribution >= 4 is 29.1 Å². The minimum atomic E-state index is -3.56. The van der Waals surface area contributed by atoms with Crippen molar-refractivity contribution in [2.75, 3.05) is 6.54 Å². The molecular formula is C18H23NO3SSi. The normalized spacial score (nSPS) is 16.2. The van der Waals surface area contributed by atoms with Crippen molar-refractivity contribution in [3.05, 3.63) is 53.8 Å². The average Bonchev–Trinajstić information content (AvgIpc) is 2.92. The average molecular weight is 362 g/mol. The Balaban J connectivity index is 1.97. The fourth-order valence-electron chi connectivity index (χ4n) is 2.76. The van der Waals surface area contributed by atoms with Gasteiger partial charge in [-0.05, 0) is 30.7 Å². The summed E-state index contributed by atoms with van der Waals surface area (Å²) in [6.45, 7) is 13.2. The molecule has 2 aromatic rings. The molecule has 0 fully saturated rings. The maximum atomic E-state index is 12.9. The van der Waals surface area contributed by atoms with E-state index in [0.717, 1.165) is 22.1 Å². The van der Waals surface area contributed by atoms with Gasteiger partial charge in [-0.3, -0.25) is 0 Å². The zero-order valence-corrected chi connectivity index (χ0v) is 16.4. The molecule has 3 rings (SSSR count). The van der Waals surface area contributed by atoms with Crippen LogP contribution in [-0.4, -0.2) is 27.3 Å². The van der Waals surface area contributed by atoms with E-state index in [1.54, 1.807) is 12.1 Å². The molecule has 128 valence electrons. The number of rotatable bonds is 3. The number of hydrogen-bond acceptors (Lipinski definition) is 3. The molecule has 0 atom stereocenters. The van der Waals surface area contributed by atoms with Crippen LogP contribution in [0.1, 0.15) is 16.9 Å². The Morgan fingerprint density at radius 3 is 2.33 bits per heavy atom. The molecule has 2 heterocycles. The first-order chi connectivity index (χ1) is 11.1. The summed E-state index contributed by atoms with van der Waals surface area (Å²) in [5, 5.41) is 0.989. The number of fused-ring (bicyclic) bond motifs is 1. The monoisotopic (exact) mass is 361 g/mol. The lowest BCUT2D eigenvalue weighted by molar-refractivity contribution is 0.384. The first kappa shape index (κ1) is 17.2. The lowest BCUT2D eigenvalue weighted by Crippen LogP contribution is -2.36. The van der Waals surface area contributed by atoms with Crippen LogP contribution in [0.15, 0.2) is 46.2 Å². The second-order valence-corrected chi connectivity index (χ2v) is 14.3. The van der Waals surface area contributed by atoms with Crippen LogP contribution in [0.25, 0.3) is 5.57 Å². The van der Waals surface area contributed by atoms with Crippen LogP contribution in [-0.2, 0) is 16.6 Å². The van der Waals surface area contributed by atoms with E-state index in [1.165, 1.54) is 4.31 Å². The summed E-state index contributed by atoms with van der Waals surface area (Å²) in [7, 11) is -5.15. The number of hydrogen-bond donors (Lipinski definition) is 0. The van der Waals surface area contributed by atoms with Crippen molar-refractivity contribution in [3.63, 3.8) is 0 Å². The molecule has 0 N–H and O–H groups in total. The molecule has 0 spiro atoms. The van der Waals surface area contributed by atoms with Gasteiger partial charge in [-0.1, -0.05) is 43.9 Å². The first-order valence-electron chi connectivity index (χ1n) is 7.97. The molecular weight excluding hydrogens is 338 g/mol. The summed E-state index contributed by atoms with van der Waals surface area (Å²) in [5.41, 5.74) is 2.80. The Morgan fingerprint density at radius 1 is 1.12 bits per heavy atom. The van der Waals surface area contributed by atoms with Crippen molar-refractivity contribution in [1.82, 2.24) is 4.31 Å². The van der Waals surface area contributed by atoms with Crippen LogP contribution in [0, 0.1) is 6.92 Å². The molecule has 1 aromatic carbocycles. The van der Waals surface area contributed by atoms with E-state index in [2.05, 4.69) is 32.3 Å². The number of nitrogens with zero attached hydrogens (tertiary/aromatic N) is 1. The lowest BCUT2D eigenvalue weighted by Gasteiger charge is -2.26.